The van der Waals surface area contributed by atoms with E-state index in [2.05, 4.69) is 20.2 Å². The van der Waals surface area contributed by atoms with Crippen molar-refractivity contribution in [3.05, 3.63) is 41.6 Å². The van der Waals surface area contributed by atoms with Crippen molar-refractivity contribution >= 4 is 17.7 Å². The molecule has 2 aliphatic rings. The number of carbonyl (C=O) groups excluding carboxylic acids is 1. The van der Waals surface area contributed by atoms with Crippen molar-refractivity contribution in [3.63, 3.8) is 0 Å². The summed E-state index contributed by atoms with van der Waals surface area (Å²) in [6.45, 7) is 3.45. The molecule has 1 saturated carbocycles. The second-order valence-electron chi connectivity index (χ2n) is 7.09. The summed E-state index contributed by atoms with van der Waals surface area (Å²) in [4.78, 5) is 23.6. The number of hydrogen-bond donors (Lipinski definition) is 0. The number of carbonyl (C=O) groups is 1. The lowest BCUT2D eigenvalue weighted by Crippen LogP contribution is -2.38. The van der Waals surface area contributed by atoms with Crippen LogP contribution in [0.1, 0.15) is 40.6 Å². The summed E-state index contributed by atoms with van der Waals surface area (Å²) in [5.41, 5.74) is 2.19. The Kier molecular flexibility index (Phi) is 4.38. The molecule has 9 heteroatoms. The van der Waals surface area contributed by atoms with Crippen LogP contribution in [0.3, 0.4) is 0 Å². The molecule has 1 aliphatic heterocycles. The Morgan fingerprint density at radius 3 is 2.89 bits per heavy atom. The van der Waals surface area contributed by atoms with E-state index < -0.39 is 0 Å². The normalized spacial score (nSPS) is 17.1. The molecular weight excluding hydrogens is 376 g/mol. The predicted octanol–water partition coefficient (Wildman–Crippen LogP) is 2.69. The average Bonchev–Trinajstić information content (AvgIpc) is 3.34. The first kappa shape index (κ1) is 17.4. The molecule has 5 rings (SSSR count). The van der Waals surface area contributed by atoms with Gasteiger partial charge in [0.2, 0.25) is 0 Å². The molecule has 144 valence electrons. The van der Waals surface area contributed by atoms with E-state index in [-0.39, 0.29) is 5.91 Å². The number of hydrogen-bond acceptors (Lipinski definition) is 7. The molecule has 4 heterocycles. The first-order chi connectivity index (χ1) is 13.7. The van der Waals surface area contributed by atoms with Crippen molar-refractivity contribution in [1.82, 2.24) is 29.8 Å². The van der Waals surface area contributed by atoms with Gasteiger partial charge in [-0.1, -0.05) is 5.16 Å². The van der Waals surface area contributed by atoms with Gasteiger partial charge in [-0.15, -0.1) is 0 Å². The SMILES string of the molecule is Cc1c(C(=O)N2CCSCC2)cnn1-c1cc(-c2nc(C3CC3)no2)ccn1. The first-order valence-corrected chi connectivity index (χ1v) is 10.6. The van der Waals surface area contributed by atoms with Crippen LogP contribution in [0, 0.1) is 6.92 Å². The number of nitrogens with zero attached hydrogens (tertiary/aromatic N) is 6. The van der Waals surface area contributed by atoms with E-state index in [0.29, 0.717) is 23.2 Å². The molecule has 0 atom stereocenters. The Bertz CT molecular complexity index is 1020. The monoisotopic (exact) mass is 396 g/mol. The topological polar surface area (TPSA) is 89.9 Å². The third kappa shape index (κ3) is 3.19. The quantitative estimate of drug-likeness (QED) is 0.670. The van der Waals surface area contributed by atoms with Gasteiger partial charge < -0.3 is 9.42 Å². The van der Waals surface area contributed by atoms with Gasteiger partial charge in [0.05, 0.1) is 17.5 Å². The van der Waals surface area contributed by atoms with Crippen molar-refractivity contribution < 1.29 is 9.32 Å². The fourth-order valence-corrected chi connectivity index (χ4v) is 4.22. The van der Waals surface area contributed by atoms with Gasteiger partial charge in [-0.25, -0.2) is 9.67 Å². The van der Waals surface area contributed by atoms with E-state index in [1.165, 1.54) is 0 Å². The summed E-state index contributed by atoms with van der Waals surface area (Å²) in [7, 11) is 0. The Morgan fingerprint density at radius 1 is 1.29 bits per heavy atom. The standard InChI is InChI=1S/C19H20N6O2S/c1-12-15(19(26)24-6-8-28-9-7-24)11-21-25(12)16-10-14(4-5-20-16)18-22-17(23-27-18)13-2-3-13/h4-5,10-11,13H,2-3,6-9H2,1H3. The second-order valence-corrected chi connectivity index (χ2v) is 8.32. The van der Waals surface area contributed by atoms with Crippen LogP contribution in [0.15, 0.2) is 29.0 Å². The molecule has 1 saturated heterocycles. The maximum Gasteiger partial charge on any atom is 0.258 e. The molecule has 0 unspecified atom stereocenters. The molecule has 2 fully saturated rings. The lowest BCUT2D eigenvalue weighted by molar-refractivity contribution is 0.0771. The van der Waals surface area contributed by atoms with Crippen molar-refractivity contribution in [1.29, 1.82) is 0 Å². The molecule has 28 heavy (non-hydrogen) atoms. The Morgan fingerprint density at radius 2 is 2.11 bits per heavy atom. The van der Waals surface area contributed by atoms with Crippen molar-refractivity contribution in [2.45, 2.75) is 25.7 Å². The largest absolute Gasteiger partial charge is 0.337 e. The van der Waals surface area contributed by atoms with Gasteiger partial charge in [0, 0.05) is 42.3 Å². The van der Waals surface area contributed by atoms with Gasteiger partial charge in [0.1, 0.15) is 0 Å². The Labute approximate surface area is 166 Å². The number of amides is 1. The maximum atomic E-state index is 12.8. The van der Waals surface area contributed by atoms with Crippen molar-refractivity contribution in [2.24, 2.45) is 0 Å². The zero-order chi connectivity index (χ0) is 19.1. The minimum atomic E-state index is 0.0335. The molecule has 0 aromatic carbocycles. The van der Waals surface area contributed by atoms with E-state index in [9.17, 15) is 4.79 Å². The molecule has 0 bridgehead atoms. The average molecular weight is 396 g/mol. The minimum absolute atomic E-state index is 0.0335. The Balaban J connectivity index is 1.43. The molecule has 0 N–H and O–H groups in total. The zero-order valence-electron chi connectivity index (χ0n) is 15.5. The minimum Gasteiger partial charge on any atom is -0.337 e. The van der Waals surface area contributed by atoms with E-state index in [0.717, 1.165) is 54.5 Å². The number of pyridine rings is 1. The van der Waals surface area contributed by atoms with E-state index >= 15 is 0 Å². The highest BCUT2D eigenvalue weighted by molar-refractivity contribution is 7.99. The highest BCUT2D eigenvalue weighted by Crippen LogP contribution is 2.38. The van der Waals surface area contributed by atoms with Crippen molar-refractivity contribution in [3.8, 4) is 17.3 Å². The van der Waals surface area contributed by atoms with E-state index in [4.69, 9.17) is 4.52 Å². The lowest BCUT2D eigenvalue weighted by atomic mass is 10.2. The van der Waals surface area contributed by atoms with Crippen molar-refractivity contribution in [2.75, 3.05) is 24.6 Å². The molecular formula is C19H20N6O2S. The van der Waals surface area contributed by atoms with Crippen LogP contribution < -0.4 is 0 Å². The molecule has 1 amide bonds. The fourth-order valence-electron chi connectivity index (χ4n) is 3.31. The molecule has 1 aliphatic carbocycles. The highest BCUT2D eigenvalue weighted by atomic mass is 32.2. The fraction of sp³-hybridized carbons (Fsp3) is 0.421. The van der Waals surface area contributed by atoms with E-state index in [1.54, 1.807) is 17.1 Å². The van der Waals surface area contributed by atoms with Crippen LogP contribution in [-0.2, 0) is 0 Å². The predicted molar refractivity (Wildman–Crippen MR) is 105 cm³/mol. The van der Waals surface area contributed by atoms with Gasteiger partial charge in [0.15, 0.2) is 11.6 Å². The van der Waals surface area contributed by atoms with Gasteiger partial charge in [0.25, 0.3) is 11.8 Å². The van der Waals surface area contributed by atoms with E-state index in [1.807, 2.05) is 35.7 Å². The lowest BCUT2D eigenvalue weighted by Gasteiger charge is -2.26. The van der Waals surface area contributed by atoms with Crippen LogP contribution in [0.2, 0.25) is 0 Å². The van der Waals surface area contributed by atoms with Crippen LogP contribution in [0.5, 0.6) is 0 Å². The van der Waals surface area contributed by atoms with Gasteiger partial charge in [-0.2, -0.15) is 21.8 Å². The summed E-state index contributed by atoms with van der Waals surface area (Å²) in [6.07, 6.45) is 5.57. The first-order valence-electron chi connectivity index (χ1n) is 9.43. The molecule has 3 aromatic heterocycles. The van der Waals surface area contributed by atoms with Gasteiger partial charge in [-0.3, -0.25) is 4.79 Å². The van der Waals surface area contributed by atoms with Crippen LogP contribution in [-0.4, -0.2) is 60.3 Å². The summed E-state index contributed by atoms with van der Waals surface area (Å²) in [5, 5.41) is 8.49. The maximum absolute atomic E-state index is 12.8. The number of thioether (sulfide) groups is 1. The Hall–Kier alpha value is -2.68. The van der Waals surface area contributed by atoms with Crippen LogP contribution in [0.4, 0.5) is 0 Å². The summed E-state index contributed by atoms with van der Waals surface area (Å²) in [6, 6.07) is 3.69. The molecule has 3 aromatic rings. The zero-order valence-corrected chi connectivity index (χ0v) is 16.4. The molecule has 8 nitrogen and oxygen atoms in total. The molecule has 0 spiro atoms. The summed E-state index contributed by atoms with van der Waals surface area (Å²) in [5.74, 6) is 4.31. The third-order valence-electron chi connectivity index (χ3n) is 5.13. The third-order valence-corrected chi connectivity index (χ3v) is 6.07. The molecule has 0 radical (unpaired) electrons. The summed E-state index contributed by atoms with van der Waals surface area (Å²) >= 11 is 1.88. The second kappa shape index (κ2) is 7.05. The van der Waals surface area contributed by atoms with Gasteiger partial charge >= 0.3 is 0 Å². The van der Waals surface area contributed by atoms with Crippen LogP contribution >= 0.6 is 11.8 Å². The number of rotatable bonds is 4. The van der Waals surface area contributed by atoms with Crippen LogP contribution in [0.25, 0.3) is 17.3 Å². The smallest absolute Gasteiger partial charge is 0.258 e. The summed E-state index contributed by atoms with van der Waals surface area (Å²) < 4.78 is 7.10. The number of aromatic nitrogens is 5. The highest BCUT2D eigenvalue weighted by Gasteiger charge is 2.29. The van der Waals surface area contributed by atoms with Gasteiger partial charge in [-0.05, 0) is 31.9 Å².